The van der Waals surface area contributed by atoms with Crippen molar-refractivity contribution >= 4 is 22.8 Å². The first-order valence-electron chi connectivity index (χ1n) is 11.4. The maximum absolute atomic E-state index is 13.0. The standard InChI is InChI=1S/C24H34N4O/c1-3-4-7-19-10-12-20(13-11-19)24(29)28-16-14-27(15-17-28)23-18(2)25-21-8-5-6-9-22(21)26-23/h5-6,8-9,19-20H,3-4,7,10-17H2,1-2H3. The number of unbranched alkanes of at least 4 members (excludes halogenated alkanes) is 1. The molecule has 2 aliphatic rings. The highest BCUT2D eigenvalue weighted by Gasteiger charge is 2.31. The number of aromatic nitrogens is 2. The van der Waals surface area contributed by atoms with Gasteiger partial charge in [0, 0.05) is 32.1 Å². The zero-order valence-corrected chi connectivity index (χ0v) is 17.9. The second-order valence-electron chi connectivity index (χ2n) is 8.79. The topological polar surface area (TPSA) is 49.3 Å². The molecular formula is C24H34N4O. The molecule has 0 bridgehead atoms. The number of fused-ring (bicyclic) bond motifs is 1. The number of carbonyl (C=O) groups is 1. The lowest BCUT2D eigenvalue weighted by Crippen LogP contribution is -2.51. The van der Waals surface area contributed by atoms with Gasteiger partial charge < -0.3 is 9.80 Å². The quantitative estimate of drug-likeness (QED) is 0.745. The summed E-state index contributed by atoms with van der Waals surface area (Å²) in [6.45, 7) is 7.56. The first kappa shape index (κ1) is 20.1. The minimum Gasteiger partial charge on any atom is -0.352 e. The van der Waals surface area contributed by atoms with Crippen LogP contribution in [-0.4, -0.2) is 47.0 Å². The average molecular weight is 395 g/mol. The molecule has 5 heteroatoms. The minimum absolute atomic E-state index is 0.252. The third kappa shape index (κ3) is 4.54. The van der Waals surface area contributed by atoms with Crippen molar-refractivity contribution in [3.8, 4) is 0 Å². The molecule has 1 aromatic heterocycles. The second kappa shape index (κ2) is 9.10. The Balaban J connectivity index is 1.33. The number of hydrogen-bond acceptors (Lipinski definition) is 4. The van der Waals surface area contributed by atoms with Crippen molar-refractivity contribution in [3.63, 3.8) is 0 Å². The predicted molar refractivity (Wildman–Crippen MR) is 118 cm³/mol. The number of piperazine rings is 1. The normalized spacial score (nSPS) is 22.8. The fraction of sp³-hybridized carbons (Fsp3) is 0.625. The molecule has 1 aromatic carbocycles. The summed E-state index contributed by atoms with van der Waals surface area (Å²) in [5.74, 6) is 2.46. The molecule has 5 nitrogen and oxygen atoms in total. The van der Waals surface area contributed by atoms with Gasteiger partial charge in [-0.2, -0.15) is 0 Å². The summed E-state index contributed by atoms with van der Waals surface area (Å²) in [5, 5.41) is 0. The molecule has 2 aromatic rings. The van der Waals surface area contributed by atoms with E-state index in [-0.39, 0.29) is 5.92 Å². The minimum atomic E-state index is 0.252. The summed E-state index contributed by atoms with van der Waals surface area (Å²) >= 11 is 0. The van der Waals surface area contributed by atoms with E-state index < -0.39 is 0 Å². The molecule has 4 rings (SSSR count). The van der Waals surface area contributed by atoms with Gasteiger partial charge in [0.1, 0.15) is 0 Å². The van der Waals surface area contributed by atoms with Crippen molar-refractivity contribution in [2.24, 2.45) is 11.8 Å². The molecule has 0 atom stereocenters. The maximum atomic E-state index is 13.0. The van der Waals surface area contributed by atoms with Crippen molar-refractivity contribution < 1.29 is 4.79 Å². The number of rotatable bonds is 5. The lowest BCUT2D eigenvalue weighted by atomic mass is 9.79. The predicted octanol–water partition coefficient (Wildman–Crippen LogP) is 4.58. The van der Waals surface area contributed by atoms with Gasteiger partial charge in [-0.1, -0.05) is 38.3 Å². The summed E-state index contributed by atoms with van der Waals surface area (Å²) in [6, 6.07) is 8.02. The number of carbonyl (C=O) groups excluding carboxylic acids is 1. The first-order valence-corrected chi connectivity index (χ1v) is 11.4. The molecule has 1 saturated carbocycles. The second-order valence-corrected chi connectivity index (χ2v) is 8.79. The number of hydrogen-bond donors (Lipinski definition) is 0. The number of amides is 1. The van der Waals surface area contributed by atoms with Gasteiger partial charge in [-0.05, 0) is 50.7 Å². The van der Waals surface area contributed by atoms with Crippen LogP contribution < -0.4 is 4.90 Å². The summed E-state index contributed by atoms with van der Waals surface area (Å²) in [7, 11) is 0. The van der Waals surface area contributed by atoms with Crippen molar-refractivity contribution in [3.05, 3.63) is 30.0 Å². The van der Waals surface area contributed by atoms with Crippen LogP contribution in [0.1, 0.15) is 57.6 Å². The number of nitrogens with zero attached hydrogens (tertiary/aromatic N) is 4. The van der Waals surface area contributed by atoms with Gasteiger partial charge >= 0.3 is 0 Å². The Morgan fingerprint density at radius 1 is 1.00 bits per heavy atom. The summed E-state index contributed by atoms with van der Waals surface area (Å²) in [5.41, 5.74) is 2.84. The van der Waals surface area contributed by atoms with E-state index >= 15 is 0 Å². The molecule has 1 aliphatic heterocycles. The molecule has 29 heavy (non-hydrogen) atoms. The van der Waals surface area contributed by atoms with Gasteiger partial charge in [0.2, 0.25) is 5.91 Å². The smallest absolute Gasteiger partial charge is 0.225 e. The van der Waals surface area contributed by atoms with Crippen LogP contribution in [0.25, 0.3) is 11.0 Å². The molecule has 2 fully saturated rings. The Kier molecular flexibility index (Phi) is 6.31. The summed E-state index contributed by atoms with van der Waals surface area (Å²) < 4.78 is 0. The maximum Gasteiger partial charge on any atom is 0.225 e. The highest BCUT2D eigenvalue weighted by molar-refractivity contribution is 5.79. The van der Waals surface area contributed by atoms with Crippen LogP contribution in [-0.2, 0) is 4.79 Å². The van der Waals surface area contributed by atoms with Crippen LogP contribution >= 0.6 is 0 Å². The molecule has 1 saturated heterocycles. The molecule has 0 N–H and O–H groups in total. The van der Waals surface area contributed by atoms with Gasteiger partial charge in [-0.3, -0.25) is 4.79 Å². The highest BCUT2D eigenvalue weighted by atomic mass is 16.2. The molecule has 1 amide bonds. The van der Waals surface area contributed by atoms with Crippen molar-refractivity contribution in [2.45, 2.75) is 58.8 Å². The van der Waals surface area contributed by atoms with Crippen LogP contribution in [0.15, 0.2) is 24.3 Å². The van der Waals surface area contributed by atoms with E-state index in [1.807, 2.05) is 31.2 Å². The Bertz CT molecular complexity index is 836. The number of para-hydroxylation sites is 2. The molecular weight excluding hydrogens is 360 g/mol. The molecule has 0 spiro atoms. The number of anilines is 1. The molecule has 156 valence electrons. The van der Waals surface area contributed by atoms with E-state index in [4.69, 9.17) is 9.97 Å². The van der Waals surface area contributed by atoms with E-state index in [9.17, 15) is 4.79 Å². The fourth-order valence-electron chi connectivity index (χ4n) is 4.97. The first-order chi connectivity index (χ1) is 14.2. The molecule has 1 aliphatic carbocycles. The fourth-order valence-corrected chi connectivity index (χ4v) is 4.97. The molecule has 0 unspecified atom stereocenters. The largest absolute Gasteiger partial charge is 0.352 e. The third-order valence-electron chi connectivity index (χ3n) is 6.77. The van der Waals surface area contributed by atoms with Gasteiger partial charge in [0.05, 0.1) is 16.7 Å². The van der Waals surface area contributed by atoms with Gasteiger partial charge in [0.15, 0.2) is 5.82 Å². The Morgan fingerprint density at radius 3 is 2.31 bits per heavy atom. The zero-order valence-electron chi connectivity index (χ0n) is 17.9. The van der Waals surface area contributed by atoms with E-state index in [0.717, 1.165) is 67.5 Å². The summed E-state index contributed by atoms with van der Waals surface area (Å²) in [6.07, 6.45) is 8.62. The lowest BCUT2D eigenvalue weighted by Gasteiger charge is -2.38. The Hall–Kier alpha value is -2.17. The van der Waals surface area contributed by atoms with Crippen LogP contribution in [0.5, 0.6) is 0 Å². The van der Waals surface area contributed by atoms with Crippen molar-refractivity contribution in [2.75, 3.05) is 31.1 Å². The van der Waals surface area contributed by atoms with Crippen LogP contribution in [0, 0.1) is 18.8 Å². The Labute approximate surface area is 174 Å². The van der Waals surface area contributed by atoms with E-state index in [1.165, 1.54) is 32.1 Å². The summed E-state index contributed by atoms with van der Waals surface area (Å²) in [4.78, 5) is 27.0. The van der Waals surface area contributed by atoms with E-state index in [0.29, 0.717) is 5.91 Å². The lowest BCUT2D eigenvalue weighted by molar-refractivity contribution is -0.137. The number of benzene rings is 1. The third-order valence-corrected chi connectivity index (χ3v) is 6.77. The van der Waals surface area contributed by atoms with Crippen molar-refractivity contribution in [1.29, 1.82) is 0 Å². The van der Waals surface area contributed by atoms with Crippen LogP contribution in [0.2, 0.25) is 0 Å². The van der Waals surface area contributed by atoms with Gasteiger partial charge in [-0.15, -0.1) is 0 Å². The van der Waals surface area contributed by atoms with Crippen LogP contribution in [0.3, 0.4) is 0 Å². The van der Waals surface area contributed by atoms with Crippen molar-refractivity contribution in [1.82, 2.24) is 14.9 Å². The Morgan fingerprint density at radius 2 is 1.66 bits per heavy atom. The molecule has 0 radical (unpaired) electrons. The van der Waals surface area contributed by atoms with E-state index in [1.54, 1.807) is 0 Å². The number of aryl methyl sites for hydroxylation is 1. The molecule has 2 heterocycles. The average Bonchev–Trinajstić information content (AvgIpc) is 2.77. The van der Waals surface area contributed by atoms with Crippen LogP contribution in [0.4, 0.5) is 5.82 Å². The van der Waals surface area contributed by atoms with E-state index in [2.05, 4.69) is 16.7 Å². The SMILES string of the molecule is CCCCC1CCC(C(=O)N2CCN(c3nc4ccccc4nc3C)CC2)CC1. The van der Waals surface area contributed by atoms with Gasteiger partial charge in [-0.25, -0.2) is 9.97 Å². The monoisotopic (exact) mass is 394 g/mol. The van der Waals surface area contributed by atoms with Gasteiger partial charge in [0.25, 0.3) is 0 Å². The zero-order chi connectivity index (χ0) is 20.2. The highest BCUT2D eigenvalue weighted by Crippen LogP contribution is 2.33.